The molecule has 1 amide bonds. The molecule has 0 saturated heterocycles. The zero-order valence-electron chi connectivity index (χ0n) is 16.8. The van der Waals surface area contributed by atoms with Gasteiger partial charge in [0, 0.05) is 7.05 Å². The molecule has 0 aliphatic rings. The van der Waals surface area contributed by atoms with Gasteiger partial charge in [-0.15, -0.1) is 5.54 Å². The van der Waals surface area contributed by atoms with Crippen LogP contribution in [0.4, 0.5) is 0 Å². The highest BCUT2D eigenvalue weighted by Crippen LogP contribution is 2.38. The fourth-order valence-corrected chi connectivity index (χ4v) is 3.37. The van der Waals surface area contributed by atoms with E-state index >= 15 is 0 Å². The summed E-state index contributed by atoms with van der Waals surface area (Å²) in [4.78, 5) is 17.5. The van der Waals surface area contributed by atoms with Crippen molar-refractivity contribution in [3.05, 3.63) is 0 Å². The molecule has 0 aromatic heterocycles. The van der Waals surface area contributed by atoms with Gasteiger partial charge in [0.05, 0.1) is 13.0 Å². The van der Waals surface area contributed by atoms with E-state index < -0.39 is 22.5 Å². The Kier molecular flexibility index (Phi) is 7.76. The summed E-state index contributed by atoms with van der Waals surface area (Å²) in [7, 11) is -0.448. The second kappa shape index (κ2) is 7.97. The highest BCUT2D eigenvalue weighted by molar-refractivity contribution is 6.83. The van der Waals surface area contributed by atoms with Crippen molar-refractivity contribution in [3.8, 4) is 11.5 Å². The third kappa shape index (κ3) is 7.21. The number of hydrogen-bond donors (Lipinski definition) is 0. The lowest BCUT2D eigenvalue weighted by Crippen LogP contribution is -2.47. The maximum absolute atomic E-state index is 12.5. The third-order valence-corrected chi connectivity index (χ3v) is 9.59. The van der Waals surface area contributed by atoms with Gasteiger partial charge in [0.25, 0.3) is 5.91 Å². The number of hydroxylamine groups is 2. The topological polar surface area (TPSA) is 38.8 Å². The van der Waals surface area contributed by atoms with E-state index in [-0.39, 0.29) is 16.9 Å². The molecule has 0 bridgehead atoms. The molecule has 2 atom stereocenters. The molecule has 4 nitrogen and oxygen atoms in total. The number of hydrogen-bond acceptors (Lipinski definition) is 3. The highest BCUT2D eigenvalue weighted by atomic mass is 28.4. The van der Waals surface area contributed by atoms with Crippen LogP contribution >= 0.6 is 0 Å². The fourth-order valence-electron chi connectivity index (χ4n) is 1.54. The van der Waals surface area contributed by atoms with Crippen LogP contribution in [0.15, 0.2) is 0 Å². The van der Waals surface area contributed by atoms with Crippen LogP contribution in [-0.4, -0.2) is 47.6 Å². The Morgan fingerprint density at radius 3 is 1.96 bits per heavy atom. The molecule has 0 aromatic rings. The molecule has 0 radical (unpaired) electrons. The van der Waals surface area contributed by atoms with Crippen LogP contribution in [0.5, 0.6) is 0 Å². The molecule has 0 rings (SSSR count). The fraction of sp³-hybridized carbons (Fsp3) is 0.824. The van der Waals surface area contributed by atoms with Gasteiger partial charge in [-0.3, -0.25) is 9.63 Å². The quantitative estimate of drug-likeness (QED) is 0.425. The van der Waals surface area contributed by atoms with Gasteiger partial charge in [-0.25, -0.2) is 5.06 Å². The van der Waals surface area contributed by atoms with E-state index in [1.165, 1.54) is 12.2 Å². The number of nitrogens with zero attached hydrogens (tertiary/aromatic N) is 1. The summed E-state index contributed by atoms with van der Waals surface area (Å²) >= 11 is 0. The Bertz CT molecular complexity index is 467. The first kappa shape index (κ1) is 22.4. The van der Waals surface area contributed by atoms with E-state index in [2.05, 4.69) is 65.0 Å². The molecule has 0 aliphatic carbocycles. The minimum absolute atomic E-state index is 0.0714. The standard InChI is InChI=1S/C17H35NO3Si2/c1-14(16(19)18(5)20-6)15(12-13-22(7,8)9)21-23(10,11)17(2,3)4/h14-15H,1-11H3/t14-,15-/m0/s1. The van der Waals surface area contributed by atoms with Crippen LogP contribution in [0.25, 0.3) is 0 Å². The van der Waals surface area contributed by atoms with Crippen molar-refractivity contribution in [2.24, 2.45) is 5.92 Å². The first-order chi connectivity index (χ1) is 10.1. The second-order valence-electron chi connectivity index (χ2n) is 8.63. The molecule has 0 unspecified atom stereocenters. The van der Waals surface area contributed by atoms with E-state index in [0.717, 1.165) is 0 Å². The minimum Gasteiger partial charge on any atom is -0.402 e. The predicted molar refractivity (Wildman–Crippen MR) is 102 cm³/mol. The maximum atomic E-state index is 12.5. The molecular formula is C17H35NO3Si2. The number of amides is 1. The molecule has 0 aromatic carbocycles. The van der Waals surface area contributed by atoms with Gasteiger partial charge in [0.2, 0.25) is 0 Å². The average Bonchev–Trinajstić information content (AvgIpc) is 2.38. The van der Waals surface area contributed by atoms with Gasteiger partial charge < -0.3 is 4.43 Å². The van der Waals surface area contributed by atoms with Crippen molar-refractivity contribution in [2.45, 2.75) is 71.6 Å². The molecule has 6 heteroatoms. The predicted octanol–water partition coefficient (Wildman–Crippen LogP) is 3.91. The van der Waals surface area contributed by atoms with E-state index in [0.29, 0.717) is 0 Å². The Hall–Kier alpha value is -0.616. The molecule has 0 saturated carbocycles. The van der Waals surface area contributed by atoms with Crippen LogP contribution in [0.3, 0.4) is 0 Å². The minimum atomic E-state index is -2.02. The molecule has 0 aliphatic heterocycles. The van der Waals surface area contributed by atoms with Crippen LogP contribution in [0, 0.1) is 17.4 Å². The van der Waals surface area contributed by atoms with E-state index in [1.807, 2.05) is 6.92 Å². The van der Waals surface area contributed by atoms with Gasteiger partial charge >= 0.3 is 0 Å². The first-order valence-corrected chi connectivity index (χ1v) is 14.6. The normalized spacial score (nSPS) is 15.4. The summed E-state index contributed by atoms with van der Waals surface area (Å²) in [6.45, 7) is 19.4. The van der Waals surface area contributed by atoms with Crippen LogP contribution in [0.1, 0.15) is 27.7 Å². The SMILES string of the molecule is CON(C)C(=O)[C@@H](C)[C@H](C#C[Si](C)(C)C)O[Si](C)(C)C(C)(C)C. The van der Waals surface area contributed by atoms with Gasteiger partial charge in [0.1, 0.15) is 14.2 Å². The molecule has 23 heavy (non-hydrogen) atoms. The molecule has 0 spiro atoms. The second-order valence-corrected chi connectivity index (χ2v) is 18.1. The molecule has 0 heterocycles. The molecule has 0 N–H and O–H groups in total. The monoisotopic (exact) mass is 357 g/mol. The van der Waals surface area contributed by atoms with Gasteiger partial charge in [0.15, 0.2) is 8.32 Å². The van der Waals surface area contributed by atoms with Gasteiger partial charge in [-0.2, -0.15) is 0 Å². The van der Waals surface area contributed by atoms with Crippen LogP contribution in [0.2, 0.25) is 37.8 Å². The number of carbonyl (C=O) groups excluding carboxylic acids is 1. The molecular weight excluding hydrogens is 322 g/mol. The summed E-state index contributed by atoms with van der Waals surface area (Å²) in [5.41, 5.74) is 3.36. The summed E-state index contributed by atoms with van der Waals surface area (Å²) in [5, 5.41) is 1.32. The van der Waals surface area contributed by atoms with E-state index in [1.54, 1.807) is 7.05 Å². The Labute approximate surface area is 145 Å². The van der Waals surface area contributed by atoms with Gasteiger partial charge in [-0.1, -0.05) is 53.3 Å². The van der Waals surface area contributed by atoms with Crippen molar-refractivity contribution < 1.29 is 14.1 Å². The third-order valence-electron chi connectivity index (χ3n) is 4.25. The lowest BCUT2D eigenvalue weighted by atomic mass is 10.1. The van der Waals surface area contributed by atoms with Crippen LogP contribution in [-0.2, 0) is 14.1 Å². The zero-order valence-corrected chi connectivity index (χ0v) is 18.8. The Morgan fingerprint density at radius 1 is 1.13 bits per heavy atom. The molecule has 134 valence electrons. The number of rotatable bonds is 5. The highest BCUT2D eigenvalue weighted by Gasteiger charge is 2.41. The summed E-state index contributed by atoms with van der Waals surface area (Å²) in [6.07, 6.45) is -0.396. The molecule has 0 fully saturated rings. The zero-order chi connectivity index (χ0) is 18.6. The van der Waals surface area contributed by atoms with Gasteiger partial charge in [-0.05, 0) is 18.1 Å². The Morgan fingerprint density at radius 2 is 1.61 bits per heavy atom. The largest absolute Gasteiger partial charge is 0.402 e. The van der Waals surface area contributed by atoms with E-state index in [9.17, 15) is 4.79 Å². The van der Waals surface area contributed by atoms with Crippen molar-refractivity contribution >= 4 is 22.3 Å². The first-order valence-electron chi connectivity index (χ1n) is 8.14. The summed E-state index contributed by atoms with van der Waals surface area (Å²) < 4.78 is 6.46. The summed E-state index contributed by atoms with van der Waals surface area (Å²) in [5.74, 6) is 2.80. The Balaban J connectivity index is 5.57. The van der Waals surface area contributed by atoms with Crippen molar-refractivity contribution in [3.63, 3.8) is 0 Å². The van der Waals surface area contributed by atoms with Crippen molar-refractivity contribution in [2.75, 3.05) is 14.2 Å². The van der Waals surface area contributed by atoms with Crippen molar-refractivity contribution in [1.82, 2.24) is 5.06 Å². The summed E-state index contributed by atoms with van der Waals surface area (Å²) in [6, 6.07) is 0. The average molecular weight is 358 g/mol. The van der Waals surface area contributed by atoms with Crippen LogP contribution < -0.4 is 0 Å². The number of carbonyl (C=O) groups is 1. The smallest absolute Gasteiger partial charge is 0.252 e. The van der Waals surface area contributed by atoms with Crippen molar-refractivity contribution in [1.29, 1.82) is 0 Å². The van der Waals surface area contributed by atoms with E-state index in [4.69, 9.17) is 9.26 Å². The lowest BCUT2D eigenvalue weighted by molar-refractivity contribution is -0.174. The lowest BCUT2D eigenvalue weighted by Gasteiger charge is -2.39. The maximum Gasteiger partial charge on any atom is 0.252 e.